The predicted molar refractivity (Wildman–Crippen MR) is 108 cm³/mol. The van der Waals surface area contributed by atoms with Crippen LogP contribution in [0.3, 0.4) is 0 Å². The third-order valence-electron chi connectivity index (χ3n) is 5.30. The van der Waals surface area contributed by atoms with Gasteiger partial charge in [0.1, 0.15) is 0 Å². The highest BCUT2D eigenvalue weighted by molar-refractivity contribution is 7.89. The lowest BCUT2D eigenvalue weighted by Gasteiger charge is -2.25. The van der Waals surface area contributed by atoms with E-state index in [1.165, 1.54) is 32.9 Å². The number of benzene rings is 1. The Morgan fingerprint density at radius 1 is 1.00 bits per heavy atom. The Morgan fingerprint density at radius 3 is 2.14 bits per heavy atom. The Kier molecular flexibility index (Phi) is 6.00. The Labute approximate surface area is 167 Å². The molecular weight excluding hydrogens is 398 g/mol. The summed E-state index contributed by atoms with van der Waals surface area (Å²) in [4.78, 5) is 0.225. The van der Waals surface area contributed by atoms with E-state index in [1.54, 1.807) is 13.8 Å². The van der Waals surface area contributed by atoms with Crippen molar-refractivity contribution in [3.63, 3.8) is 0 Å². The molecule has 2 heterocycles. The average Bonchev–Trinajstić information content (AvgIpc) is 3.31. The first-order valence-electron chi connectivity index (χ1n) is 9.46. The van der Waals surface area contributed by atoms with E-state index in [0.29, 0.717) is 19.6 Å². The van der Waals surface area contributed by atoms with Crippen molar-refractivity contribution in [2.45, 2.75) is 42.5 Å². The molecule has 1 aliphatic rings. The van der Waals surface area contributed by atoms with Crippen LogP contribution in [0.15, 0.2) is 52.4 Å². The molecule has 0 spiro atoms. The van der Waals surface area contributed by atoms with Gasteiger partial charge in [-0.05, 0) is 49.2 Å². The van der Waals surface area contributed by atoms with Crippen LogP contribution in [-0.2, 0) is 27.1 Å². The molecule has 1 aromatic heterocycles. The lowest BCUT2D eigenvalue weighted by atomic mass is 10.1. The van der Waals surface area contributed by atoms with Crippen LogP contribution in [-0.4, -0.2) is 49.6 Å². The molecule has 1 fully saturated rings. The molecule has 2 aromatic rings. The number of aromatic nitrogens is 1. The quantitative estimate of drug-likeness (QED) is 0.683. The van der Waals surface area contributed by atoms with Gasteiger partial charge in [-0.25, -0.2) is 16.8 Å². The fourth-order valence-electron chi connectivity index (χ4n) is 3.78. The van der Waals surface area contributed by atoms with Gasteiger partial charge >= 0.3 is 0 Å². The van der Waals surface area contributed by atoms with Crippen LogP contribution >= 0.6 is 0 Å². The summed E-state index contributed by atoms with van der Waals surface area (Å²) in [6.45, 7) is 4.74. The van der Waals surface area contributed by atoms with E-state index >= 15 is 0 Å². The summed E-state index contributed by atoms with van der Waals surface area (Å²) in [6, 6.07) is 9.20. The zero-order chi connectivity index (χ0) is 20.5. The van der Waals surface area contributed by atoms with E-state index in [2.05, 4.69) is 0 Å². The van der Waals surface area contributed by atoms with Gasteiger partial charge in [-0.1, -0.05) is 13.8 Å². The van der Waals surface area contributed by atoms with Crippen molar-refractivity contribution in [2.24, 2.45) is 7.05 Å². The molecule has 154 valence electrons. The maximum Gasteiger partial charge on any atom is 0.243 e. The van der Waals surface area contributed by atoms with Gasteiger partial charge in [0.05, 0.1) is 15.8 Å². The molecule has 28 heavy (non-hydrogen) atoms. The molecule has 0 radical (unpaired) electrons. The number of hydrogen-bond donors (Lipinski definition) is 0. The normalized spacial score (nSPS) is 18.8. The highest BCUT2D eigenvalue weighted by Gasteiger charge is 2.37. The lowest BCUT2D eigenvalue weighted by Crippen LogP contribution is -2.32. The summed E-state index contributed by atoms with van der Waals surface area (Å²) in [5.41, 5.74) is 0.960. The minimum atomic E-state index is -3.71. The number of rotatable bonds is 7. The summed E-state index contributed by atoms with van der Waals surface area (Å²) >= 11 is 0. The largest absolute Gasteiger partial charge is 0.353 e. The molecule has 3 rings (SSSR count). The Morgan fingerprint density at radius 2 is 1.61 bits per heavy atom. The first-order valence-corrected chi connectivity index (χ1v) is 12.3. The molecule has 7 nitrogen and oxygen atoms in total. The molecule has 0 aliphatic carbocycles. The summed E-state index contributed by atoms with van der Waals surface area (Å²) in [6.07, 6.45) is 3.47. The lowest BCUT2D eigenvalue weighted by molar-refractivity contribution is 0.384. The SMILES string of the molecule is CCN(CC)S(=O)(=O)c1ccc(S(=O)(=O)N2CCCC2c2cccn2C)cc1. The minimum absolute atomic E-state index is 0.107. The maximum atomic E-state index is 13.2. The third kappa shape index (κ3) is 3.63. The van der Waals surface area contributed by atoms with Crippen molar-refractivity contribution < 1.29 is 16.8 Å². The molecule has 9 heteroatoms. The zero-order valence-corrected chi connectivity index (χ0v) is 18.1. The Bertz CT molecular complexity index is 1020. The maximum absolute atomic E-state index is 13.2. The standard InChI is InChI=1S/C19H27N3O4S2/c1-4-21(5-2)27(23,24)16-10-12-17(13-11-16)28(25,26)22-15-7-9-19(22)18-8-6-14-20(18)3/h6,8,10-14,19H,4-5,7,9,15H2,1-3H3. The summed E-state index contributed by atoms with van der Waals surface area (Å²) < 4.78 is 56.5. The first kappa shape index (κ1) is 21.0. The van der Waals surface area contributed by atoms with Crippen LogP contribution in [0, 0.1) is 0 Å². The number of aryl methyl sites for hydroxylation is 1. The molecular formula is C19H27N3O4S2. The molecule has 1 unspecified atom stereocenters. The fourth-order valence-corrected chi connectivity index (χ4v) is 6.90. The fraction of sp³-hybridized carbons (Fsp3) is 0.474. The van der Waals surface area contributed by atoms with Crippen LogP contribution in [0.1, 0.15) is 38.4 Å². The molecule has 0 amide bonds. The predicted octanol–water partition coefficient (Wildman–Crippen LogP) is 2.58. The summed E-state index contributed by atoms with van der Waals surface area (Å²) in [7, 11) is -5.42. The van der Waals surface area contributed by atoms with E-state index in [-0.39, 0.29) is 15.8 Å². The van der Waals surface area contributed by atoms with Crippen molar-refractivity contribution in [3.8, 4) is 0 Å². The van der Waals surface area contributed by atoms with Gasteiger partial charge in [-0.15, -0.1) is 0 Å². The second-order valence-electron chi connectivity index (χ2n) is 6.88. The zero-order valence-electron chi connectivity index (χ0n) is 16.4. The van der Waals surface area contributed by atoms with Gasteiger partial charge < -0.3 is 4.57 Å². The Balaban J connectivity index is 1.92. The molecule has 1 aliphatic heterocycles. The van der Waals surface area contributed by atoms with E-state index in [1.807, 2.05) is 29.9 Å². The van der Waals surface area contributed by atoms with Gasteiger partial charge in [-0.3, -0.25) is 0 Å². The molecule has 1 atom stereocenters. The van der Waals surface area contributed by atoms with Crippen LogP contribution in [0.25, 0.3) is 0 Å². The smallest absolute Gasteiger partial charge is 0.243 e. The van der Waals surface area contributed by atoms with Crippen molar-refractivity contribution in [3.05, 3.63) is 48.3 Å². The van der Waals surface area contributed by atoms with Crippen LogP contribution in [0.2, 0.25) is 0 Å². The minimum Gasteiger partial charge on any atom is -0.353 e. The van der Waals surface area contributed by atoms with E-state index < -0.39 is 20.0 Å². The summed E-state index contributed by atoms with van der Waals surface area (Å²) in [5.74, 6) is 0. The highest BCUT2D eigenvalue weighted by atomic mass is 32.2. The van der Waals surface area contributed by atoms with E-state index in [9.17, 15) is 16.8 Å². The van der Waals surface area contributed by atoms with Gasteiger partial charge in [0.15, 0.2) is 0 Å². The van der Waals surface area contributed by atoms with Crippen LogP contribution in [0.4, 0.5) is 0 Å². The highest BCUT2D eigenvalue weighted by Crippen LogP contribution is 2.36. The van der Waals surface area contributed by atoms with Crippen LogP contribution in [0.5, 0.6) is 0 Å². The third-order valence-corrected chi connectivity index (χ3v) is 9.29. The van der Waals surface area contributed by atoms with Crippen molar-refractivity contribution in [1.29, 1.82) is 0 Å². The average molecular weight is 426 g/mol. The molecule has 1 aromatic carbocycles. The number of nitrogens with zero attached hydrogens (tertiary/aromatic N) is 3. The summed E-state index contributed by atoms with van der Waals surface area (Å²) in [5, 5.41) is 0. The van der Waals surface area contributed by atoms with E-state index in [4.69, 9.17) is 0 Å². The second-order valence-corrected chi connectivity index (χ2v) is 10.7. The monoisotopic (exact) mass is 425 g/mol. The van der Waals surface area contributed by atoms with Gasteiger partial charge in [0.2, 0.25) is 20.0 Å². The van der Waals surface area contributed by atoms with Crippen molar-refractivity contribution >= 4 is 20.0 Å². The van der Waals surface area contributed by atoms with Crippen molar-refractivity contribution in [1.82, 2.24) is 13.2 Å². The molecule has 0 bridgehead atoms. The topological polar surface area (TPSA) is 79.7 Å². The molecule has 1 saturated heterocycles. The first-order chi connectivity index (χ1) is 13.2. The second kappa shape index (κ2) is 7.98. The number of sulfonamides is 2. The van der Waals surface area contributed by atoms with Gasteiger partial charge in [0.25, 0.3) is 0 Å². The number of hydrogen-bond acceptors (Lipinski definition) is 4. The molecule has 0 saturated carbocycles. The van der Waals surface area contributed by atoms with Crippen LogP contribution < -0.4 is 0 Å². The Hall–Kier alpha value is -1.68. The van der Waals surface area contributed by atoms with Gasteiger partial charge in [-0.2, -0.15) is 8.61 Å². The van der Waals surface area contributed by atoms with Gasteiger partial charge in [0, 0.05) is 38.6 Å². The van der Waals surface area contributed by atoms with E-state index in [0.717, 1.165) is 18.5 Å². The van der Waals surface area contributed by atoms with Crippen molar-refractivity contribution in [2.75, 3.05) is 19.6 Å². The molecule has 0 N–H and O–H groups in total.